The third-order valence-electron chi connectivity index (χ3n) is 6.90. The van der Waals surface area contributed by atoms with Gasteiger partial charge in [0.15, 0.2) is 11.5 Å². The van der Waals surface area contributed by atoms with Crippen LogP contribution in [0.3, 0.4) is 0 Å². The molecule has 8 nitrogen and oxygen atoms in total. The van der Waals surface area contributed by atoms with Crippen molar-refractivity contribution < 1.29 is 14.7 Å². The highest BCUT2D eigenvalue weighted by Gasteiger charge is 2.33. The molecule has 4 N–H and O–H groups in total. The van der Waals surface area contributed by atoms with Gasteiger partial charge >= 0.3 is 0 Å². The van der Waals surface area contributed by atoms with Crippen molar-refractivity contribution in [1.82, 2.24) is 15.0 Å². The van der Waals surface area contributed by atoms with Gasteiger partial charge in [0.1, 0.15) is 5.69 Å². The summed E-state index contributed by atoms with van der Waals surface area (Å²) in [6.45, 7) is 5.66. The molecule has 5 atom stereocenters. The van der Waals surface area contributed by atoms with Gasteiger partial charge in [-0.15, -0.1) is 9.24 Å². The van der Waals surface area contributed by atoms with Crippen LogP contribution in [0.2, 0.25) is 0 Å². The summed E-state index contributed by atoms with van der Waals surface area (Å²) in [4.78, 5) is 38.2. The fraction of sp³-hybridized carbons (Fsp3) is 0.346. The number of hydrogen-bond donors (Lipinski definition) is 3. The van der Waals surface area contributed by atoms with Crippen LogP contribution in [-0.4, -0.2) is 37.9 Å². The number of ketones is 1. The Balaban J connectivity index is 1.64. The van der Waals surface area contributed by atoms with Crippen LogP contribution < -0.4 is 16.4 Å². The van der Waals surface area contributed by atoms with Gasteiger partial charge < -0.3 is 16.2 Å². The van der Waals surface area contributed by atoms with Crippen molar-refractivity contribution in [2.45, 2.75) is 45.6 Å². The van der Waals surface area contributed by atoms with Crippen molar-refractivity contribution >= 4 is 37.6 Å². The molecule has 1 aliphatic rings. The molecular formula is C26H30N5O3P. The summed E-state index contributed by atoms with van der Waals surface area (Å²) >= 11 is 0. The molecule has 0 bridgehead atoms. The molecule has 3 aromatic rings. The second-order valence-electron chi connectivity index (χ2n) is 9.31. The Morgan fingerprint density at radius 3 is 2.60 bits per heavy atom. The molecule has 9 heteroatoms. The number of nitrogen functional groups attached to an aromatic ring is 1. The Labute approximate surface area is 207 Å². The maximum Gasteiger partial charge on any atom is 0.276 e. The molecule has 0 spiro atoms. The first kappa shape index (κ1) is 24.9. The van der Waals surface area contributed by atoms with Gasteiger partial charge in [-0.2, -0.15) is 0 Å². The minimum absolute atomic E-state index is 0.0578. The second-order valence-corrected chi connectivity index (χ2v) is 9.94. The summed E-state index contributed by atoms with van der Waals surface area (Å²) in [6, 6.07) is 8.58. The molecular weight excluding hydrogens is 461 g/mol. The van der Waals surface area contributed by atoms with Crippen molar-refractivity contribution in [1.29, 1.82) is 0 Å². The molecule has 1 saturated carbocycles. The maximum absolute atomic E-state index is 13.3. The number of amides is 1. The zero-order chi connectivity index (χ0) is 25.3. The molecule has 1 unspecified atom stereocenters. The Morgan fingerprint density at radius 1 is 1.11 bits per heavy atom. The number of nitrogens with two attached hydrogens (primary N) is 1. The summed E-state index contributed by atoms with van der Waals surface area (Å²) in [6.07, 6.45) is 4.45. The van der Waals surface area contributed by atoms with Crippen LogP contribution in [0.5, 0.6) is 0 Å². The minimum atomic E-state index is -0.468. The van der Waals surface area contributed by atoms with Crippen LogP contribution in [0, 0.1) is 11.8 Å². The molecule has 0 aliphatic heterocycles. The lowest BCUT2D eigenvalue weighted by molar-refractivity contribution is 0.0384. The number of hydrogen-bond acceptors (Lipinski definition) is 7. The van der Waals surface area contributed by atoms with E-state index in [1.165, 1.54) is 6.92 Å². The summed E-state index contributed by atoms with van der Waals surface area (Å²) in [7, 11) is 2.57. The van der Waals surface area contributed by atoms with E-state index >= 15 is 0 Å². The highest BCUT2D eigenvalue weighted by molar-refractivity contribution is 7.27. The lowest BCUT2D eigenvalue weighted by Gasteiger charge is -2.37. The van der Waals surface area contributed by atoms with Crippen LogP contribution in [0.25, 0.3) is 11.4 Å². The number of aliphatic hydroxyl groups excluding tert-OH is 1. The van der Waals surface area contributed by atoms with Crippen molar-refractivity contribution in [3.8, 4) is 11.4 Å². The number of aliphatic hydroxyl groups is 1. The molecule has 1 amide bonds. The van der Waals surface area contributed by atoms with Gasteiger partial charge in [-0.1, -0.05) is 19.9 Å². The second kappa shape index (κ2) is 10.2. The van der Waals surface area contributed by atoms with E-state index < -0.39 is 12.0 Å². The van der Waals surface area contributed by atoms with Crippen LogP contribution in [-0.2, 0) is 0 Å². The normalized spacial score (nSPS) is 22.0. The number of anilines is 2. The van der Waals surface area contributed by atoms with Crippen LogP contribution >= 0.6 is 9.24 Å². The number of carbonyl (C=O) groups excluding carboxylic acids is 2. The lowest BCUT2D eigenvalue weighted by atomic mass is 9.71. The molecule has 35 heavy (non-hydrogen) atoms. The zero-order valence-corrected chi connectivity index (χ0v) is 21.2. The number of aromatic nitrogens is 3. The molecule has 182 valence electrons. The largest absolute Gasteiger partial charge is 0.397 e. The molecule has 0 aromatic carbocycles. The van der Waals surface area contributed by atoms with Gasteiger partial charge in [0, 0.05) is 13.1 Å². The summed E-state index contributed by atoms with van der Waals surface area (Å²) in [5, 5.41) is 14.2. The lowest BCUT2D eigenvalue weighted by Crippen LogP contribution is -2.33. The van der Waals surface area contributed by atoms with Crippen molar-refractivity contribution in [2.24, 2.45) is 11.8 Å². The van der Waals surface area contributed by atoms with E-state index in [0.29, 0.717) is 35.1 Å². The number of nitrogens with zero attached hydrogens (tertiary/aromatic N) is 3. The minimum Gasteiger partial charge on any atom is -0.397 e. The van der Waals surface area contributed by atoms with Gasteiger partial charge in [0.05, 0.1) is 35.1 Å². The quantitative estimate of drug-likeness (QED) is 0.367. The SMILES string of the molecule is CC(=O)c1ccc(P)c(-c2ccc(N)c(C(=O)Nc3cnccc3[C@H]3C[C@@H](O)[C@@H](C)[C@@H](C)C3)n2)n1. The van der Waals surface area contributed by atoms with Crippen LogP contribution in [0.15, 0.2) is 42.7 Å². The summed E-state index contributed by atoms with van der Waals surface area (Å²) < 4.78 is 0. The van der Waals surface area contributed by atoms with Crippen LogP contribution in [0.1, 0.15) is 66.1 Å². The highest BCUT2D eigenvalue weighted by atomic mass is 31.0. The first-order valence-electron chi connectivity index (χ1n) is 11.6. The maximum atomic E-state index is 13.3. The molecule has 1 aliphatic carbocycles. The average molecular weight is 492 g/mol. The number of rotatable bonds is 5. The summed E-state index contributed by atoms with van der Waals surface area (Å²) in [5.74, 6) is 0.0579. The molecule has 0 radical (unpaired) electrons. The number of Topliss-reactive ketones (excluding diaryl/α,β-unsaturated/α-hetero) is 1. The van der Waals surface area contributed by atoms with E-state index in [4.69, 9.17) is 5.73 Å². The first-order chi connectivity index (χ1) is 16.7. The van der Waals surface area contributed by atoms with Crippen molar-refractivity contribution in [3.05, 3.63) is 59.7 Å². The van der Waals surface area contributed by atoms with Gasteiger partial charge in [-0.25, -0.2) is 9.97 Å². The summed E-state index contributed by atoms with van der Waals surface area (Å²) in [5.41, 5.74) is 9.14. The Morgan fingerprint density at radius 2 is 1.89 bits per heavy atom. The smallest absolute Gasteiger partial charge is 0.276 e. The fourth-order valence-corrected chi connectivity index (χ4v) is 4.91. The molecule has 3 aromatic heterocycles. The topological polar surface area (TPSA) is 131 Å². The molecule has 3 heterocycles. The third-order valence-corrected chi connectivity index (χ3v) is 7.37. The Kier molecular flexibility index (Phi) is 7.24. The predicted molar refractivity (Wildman–Crippen MR) is 140 cm³/mol. The van der Waals surface area contributed by atoms with Crippen LogP contribution in [0.4, 0.5) is 11.4 Å². The zero-order valence-electron chi connectivity index (χ0n) is 20.0. The third kappa shape index (κ3) is 5.24. The van der Waals surface area contributed by atoms with Gasteiger partial charge in [-0.3, -0.25) is 14.6 Å². The van der Waals surface area contributed by atoms with Crippen molar-refractivity contribution in [2.75, 3.05) is 11.1 Å². The van der Waals surface area contributed by atoms with E-state index in [0.717, 1.165) is 17.3 Å². The van der Waals surface area contributed by atoms with E-state index in [1.54, 1.807) is 36.7 Å². The van der Waals surface area contributed by atoms with Gasteiger partial charge in [0.2, 0.25) is 0 Å². The molecule has 0 saturated heterocycles. The van der Waals surface area contributed by atoms with E-state index in [-0.39, 0.29) is 29.0 Å². The number of carbonyl (C=O) groups is 2. The fourth-order valence-electron chi connectivity index (χ4n) is 4.60. The predicted octanol–water partition coefficient (Wildman–Crippen LogP) is 3.59. The van der Waals surface area contributed by atoms with E-state index in [2.05, 4.69) is 43.4 Å². The standard InChI is InChI=1S/C26H30N5O3P/c1-13-10-16(11-22(33)14(13)2)17-8-9-28-12-21(17)31-26(34)24-18(27)4-5-20(30-24)25-23(35)7-6-19(29-25)15(3)32/h4-9,12-14,16,22,33H,10-11,27,35H2,1-3H3,(H,31,34)/t13-,14-,16+,22+/m0/s1. The van der Waals surface area contributed by atoms with E-state index in [9.17, 15) is 14.7 Å². The molecule has 1 fully saturated rings. The average Bonchev–Trinajstić information content (AvgIpc) is 2.83. The van der Waals surface area contributed by atoms with E-state index in [1.807, 2.05) is 6.07 Å². The van der Waals surface area contributed by atoms with Crippen molar-refractivity contribution in [3.63, 3.8) is 0 Å². The highest BCUT2D eigenvalue weighted by Crippen LogP contribution is 2.41. The number of pyridine rings is 3. The first-order valence-corrected chi connectivity index (χ1v) is 12.2. The Bertz CT molecular complexity index is 1270. The van der Waals surface area contributed by atoms with Gasteiger partial charge in [-0.05, 0) is 65.7 Å². The molecule has 4 rings (SSSR count). The monoisotopic (exact) mass is 491 g/mol. The Hall–Kier alpha value is -3.22. The number of nitrogens with one attached hydrogen (secondary N) is 1. The van der Waals surface area contributed by atoms with Gasteiger partial charge in [0.25, 0.3) is 5.91 Å².